The highest BCUT2D eigenvalue weighted by Gasteiger charge is 2.13. The summed E-state index contributed by atoms with van der Waals surface area (Å²) in [5.74, 6) is 0. The lowest BCUT2D eigenvalue weighted by Crippen LogP contribution is -2.01. The zero-order valence-electron chi connectivity index (χ0n) is 11.9. The van der Waals surface area contributed by atoms with Gasteiger partial charge >= 0.3 is 0 Å². The maximum atomic E-state index is 10.7. The summed E-state index contributed by atoms with van der Waals surface area (Å²) in [5, 5.41) is 12.7. The molecule has 0 aliphatic heterocycles. The van der Waals surface area contributed by atoms with Crippen molar-refractivity contribution in [2.45, 2.75) is 12.7 Å². The molecular weight excluding hydrogens is 262 g/mol. The smallest absolute Gasteiger partial charge is 0.105 e. The third-order valence-electron chi connectivity index (χ3n) is 3.62. The first-order valence-corrected chi connectivity index (χ1v) is 6.88. The highest BCUT2D eigenvalue weighted by Crippen LogP contribution is 2.28. The Hall–Kier alpha value is -2.23. The molecule has 1 atom stereocenters. The fourth-order valence-corrected chi connectivity index (χ4v) is 2.52. The van der Waals surface area contributed by atoms with E-state index in [1.807, 2.05) is 48.5 Å². The number of nitrogens with zero attached hydrogens (tertiary/aromatic N) is 1. The van der Waals surface area contributed by atoms with Crippen molar-refractivity contribution in [3.63, 3.8) is 0 Å². The van der Waals surface area contributed by atoms with Gasteiger partial charge < -0.3 is 9.84 Å². The molecule has 0 aliphatic rings. The molecule has 2 aromatic carbocycles. The van der Waals surface area contributed by atoms with Crippen LogP contribution < -0.4 is 0 Å². The second-order valence-corrected chi connectivity index (χ2v) is 5.02. The van der Waals surface area contributed by atoms with Crippen LogP contribution in [0.15, 0.2) is 60.9 Å². The van der Waals surface area contributed by atoms with Gasteiger partial charge in [-0.2, -0.15) is 0 Å². The monoisotopic (exact) mass is 279 g/mol. The minimum Gasteiger partial charge on any atom is -0.384 e. The molecule has 0 amide bonds. The van der Waals surface area contributed by atoms with E-state index >= 15 is 0 Å². The number of fused-ring (bicyclic) bond motifs is 1. The predicted octanol–water partition coefficient (Wildman–Crippen LogP) is 3.46. The quantitative estimate of drug-likeness (QED) is 0.795. The van der Waals surface area contributed by atoms with E-state index in [2.05, 4.69) is 4.98 Å². The van der Waals surface area contributed by atoms with E-state index in [4.69, 9.17) is 4.74 Å². The zero-order valence-corrected chi connectivity index (χ0v) is 11.9. The van der Waals surface area contributed by atoms with Crippen LogP contribution in [0.2, 0.25) is 0 Å². The van der Waals surface area contributed by atoms with Crippen molar-refractivity contribution in [1.82, 2.24) is 4.98 Å². The molecule has 0 saturated heterocycles. The van der Waals surface area contributed by atoms with E-state index in [1.165, 1.54) is 0 Å². The molecule has 1 heterocycles. The van der Waals surface area contributed by atoms with Crippen molar-refractivity contribution in [2.24, 2.45) is 0 Å². The topological polar surface area (TPSA) is 42.4 Å². The lowest BCUT2D eigenvalue weighted by atomic mass is 9.96. The number of aliphatic hydroxyl groups is 1. The molecule has 0 radical (unpaired) electrons. The molecule has 0 fully saturated rings. The summed E-state index contributed by atoms with van der Waals surface area (Å²) >= 11 is 0. The molecule has 106 valence electrons. The molecule has 1 N–H and O–H groups in total. The summed E-state index contributed by atoms with van der Waals surface area (Å²) in [6.45, 7) is 0.578. The number of benzene rings is 2. The van der Waals surface area contributed by atoms with Crippen LogP contribution in [-0.4, -0.2) is 17.2 Å². The van der Waals surface area contributed by atoms with Gasteiger partial charge in [0.2, 0.25) is 0 Å². The van der Waals surface area contributed by atoms with Crippen molar-refractivity contribution in [2.75, 3.05) is 7.11 Å². The summed E-state index contributed by atoms with van der Waals surface area (Å²) in [7, 11) is 1.67. The van der Waals surface area contributed by atoms with Crippen molar-refractivity contribution in [1.29, 1.82) is 0 Å². The number of aromatic nitrogens is 1. The molecule has 1 aromatic heterocycles. The molecule has 0 aliphatic carbocycles. The Morgan fingerprint density at radius 3 is 2.67 bits per heavy atom. The first-order chi connectivity index (χ1) is 10.3. The van der Waals surface area contributed by atoms with Gasteiger partial charge in [-0.05, 0) is 28.1 Å². The minimum atomic E-state index is -0.658. The molecule has 3 nitrogen and oxygen atoms in total. The van der Waals surface area contributed by atoms with Crippen molar-refractivity contribution in [3.05, 3.63) is 77.6 Å². The Morgan fingerprint density at radius 2 is 1.90 bits per heavy atom. The van der Waals surface area contributed by atoms with E-state index in [-0.39, 0.29) is 0 Å². The summed E-state index contributed by atoms with van der Waals surface area (Å²) in [4.78, 5) is 4.16. The van der Waals surface area contributed by atoms with Crippen molar-refractivity contribution in [3.8, 4) is 0 Å². The van der Waals surface area contributed by atoms with Crippen LogP contribution in [0, 0.1) is 0 Å². The van der Waals surface area contributed by atoms with E-state index < -0.39 is 6.10 Å². The van der Waals surface area contributed by atoms with Crippen LogP contribution in [0.5, 0.6) is 0 Å². The van der Waals surface area contributed by atoms with Crippen LogP contribution >= 0.6 is 0 Å². The Bertz CT molecular complexity index is 732. The van der Waals surface area contributed by atoms with Crippen LogP contribution in [0.4, 0.5) is 0 Å². The summed E-state index contributed by atoms with van der Waals surface area (Å²) in [5.41, 5.74) is 2.83. The number of hydrogen-bond donors (Lipinski definition) is 1. The van der Waals surface area contributed by atoms with E-state index in [9.17, 15) is 5.11 Å². The van der Waals surface area contributed by atoms with Crippen LogP contribution in [0.25, 0.3) is 10.8 Å². The number of hydrogen-bond acceptors (Lipinski definition) is 3. The Morgan fingerprint density at radius 1 is 1.10 bits per heavy atom. The van der Waals surface area contributed by atoms with Gasteiger partial charge in [-0.25, -0.2) is 0 Å². The number of rotatable bonds is 4. The number of pyridine rings is 1. The number of aliphatic hydroxyl groups excluding tert-OH is 1. The molecule has 0 spiro atoms. The van der Waals surface area contributed by atoms with E-state index in [0.29, 0.717) is 6.61 Å². The van der Waals surface area contributed by atoms with Crippen molar-refractivity contribution < 1.29 is 9.84 Å². The summed E-state index contributed by atoms with van der Waals surface area (Å²) in [6.07, 6.45) is 2.90. The summed E-state index contributed by atoms with van der Waals surface area (Å²) < 4.78 is 5.10. The molecular formula is C18H17NO2. The average Bonchev–Trinajstić information content (AvgIpc) is 2.55. The first-order valence-electron chi connectivity index (χ1n) is 6.88. The maximum Gasteiger partial charge on any atom is 0.105 e. The lowest BCUT2D eigenvalue weighted by Gasteiger charge is -2.14. The molecule has 21 heavy (non-hydrogen) atoms. The standard InChI is InChI=1S/C18H17NO2/c1-21-12-13-5-7-15(8-6-13)18(20)16-4-2-3-14-9-10-19-11-17(14)16/h2-11,18,20H,12H2,1H3. The third kappa shape index (κ3) is 2.79. The van der Waals surface area contributed by atoms with E-state index in [0.717, 1.165) is 27.5 Å². The third-order valence-corrected chi connectivity index (χ3v) is 3.62. The van der Waals surface area contributed by atoms with Gasteiger partial charge in [0, 0.05) is 24.9 Å². The highest BCUT2D eigenvalue weighted by molar-refractivity contribution is 5.85. The van der Waals surface area contributed by atoms with Gasteiger partial charge in [-0.3, -0.25) is 4.98 Å². The SMILES string of the molecule is COCc1ccc(C(O)c2cccc3ccncc23)cc1. The largest absolute Gasteiger partial charge is 0.384 e. The van der Waals surface area contributed by atoms with E-state index in [1.54, 1.807) is 19.5 Å². The number of methoxy groups -OCH3 is 1. The van der Waals surface area contributed by atoms with Gasteiger partial charge in [-0.1, -0.05) is 42.5 Å². The lowest BCUT2D eigenvalue weighted by molar-refractivity contribution is 0.184. The Kier molecular flexibility index (Phi) is 3.95. The molecule has 0 saturated carbocycles. The summed E-state index contributed by atoms with van der Waals surface area (Å²) in [6, 6.07) is 15.7. The average molecular weight is 279 g/mol. The minimum absolute atomic E-state index is 0.578. The maximum absolute atomic E-state index is 10.7. The first kappa shape index (κ1) is 13.7. The van der Waals surface area contributed by atoms with Crippen LogP contribution in [-0.2, 0) is 11.3 Å². The van der Waals surface area contributed by atoms with Gasteiger partial charge in [-0.15, -0.1) is 0 Å². The molecule has 1 unspecified atom stereocenters. The van der Waals surface area contributed by atoms with Crippen molar-refractivity contribution >= 4 is 10.8 Å². The van der Waals surface area contributed by atoms with Gasteiger partial charge in [0.1, 0.15) is 6.10 Å². The zero-order chi connectivity index (χ0) is 14.7. The Labute approximate surface area is 123 Å². The normalized spacial score (nSPS) is 12.5. The molecule has 0 bridgehead atoms. The van der Waals surface area contributed by atoms with Crippen LogP contribution in [0.3, 0.4) is 0 Å². The van der Waals surface area contributed by atoms with Crippen LogP contribution in [0.1, 0.15) is 22.8 Å². The predicted molar refractivity (Wildman–Crippen MR) is 83.0 cm³/mol. The van der Waals surface area contributed by atoms with Gasteiger partial charge in [0.05, 0.1) is 6.61 Å². The highest BCUT2D eigenvalue weighted by atomic mass is 16.5. The van der Waals surface area contributed by atoms with Gasteiger partial charge in [0.15, 0.2) is 0 Å². The van der Waals surface area contributed by atoms with Gasteiger partial charge in [0.25, 0.3) is 0 Å². The molecule has 3 aromatic rings. The number of ether oxygens (including phenoxy) is 1. The molecule has 3 heteroatoms. The fourth-order valence-electron chi connectivity index (χ4n) is 2.52. The Balaban J connectivity index is 1.98. The second-order valence-electron chi connectivity index (χ2n) is 5.02. The fraction of sp³-hybridized carbons (Fsp3) is 0.167. The molecule has 3 rings (SSSR count). The second kappa shape index (κ2) is 6.04.